The summed E-state index contributed by atoms with van der Waals surface area (Å²) in [6.45, 7) is 0. The summed E-state index contributed by atoms with van der Waals surface area (Å²) >= 11 is 0. The van der Waals surface area contributed by atoms with E-state index in [2.05, 4.69) is 0 Å². The summed E-state index contributed by atoms with van der Waals surface area (Å²) in [6, 6.07) is 15.7. The Bertz CT molecular complexity index is 763. The highest BCUT2D eigenvalue weighted by atomic mass is 16.3. The van der Waals surface area contributed by atoms with Crippen molar-refractivity contribution in [2.24, 2.45) is 0 Å². The Kier molecular flexibility index (Phi) is 2.53. The molecule has 0 aromatic heterocycles. The molecule has 0 saturated carbocycles. The lowest BCUT2D eigenvalue weighted by Crippen LogP contribution is -1.80. The van der Waals surface area contributed by atoms with Gasteiger partial charge in [-0.2, -0.15) is 0 Å². The topological polar surface area (TPSA) is 60.7 Å². The number of fused-ring (bicyclic) bond motifs is 1. The fourth-order valence-electron chi connectivity index (χ4n) is 2.12. The fraction of sp³-hybridized carbons (Fsp3) is 0. The third-order valence-corrected chi connectivity index (χ3v) is 3.13. The molecule has 0 atom stereocenters. The standard InChI is InChI=1S/C16H12O3/c17-14-5-3-10-1-2-11(7-13(10)8-14)12-4-6-15(18)16(19)9-12/h1-9,17-19H. The van der Waals surface area contributed by atoms with Gasteiger partial charge in [-0.3, -0.25) is 0 Å². The van der Waals surface area contributed by atoms with Crippen LogP contribution < -0.4 is 0 Å². The lowest BCUT2D eigenvalue weighted by molar-refractivity contribution is 0.404. The van der Waals surface area contributed by atoms with Crippen LogP contribution in [0.3, 0.4) is 0 Å². The molecule has 0 radical (unpaired) electrons. The maximum absolute atomic E-state index is 9.53. The molecular weight excluding hydrogens is 240 g/mol. The molecule has 0 heterocycles. The van der Waals surface area contributed by atoms with Crippen LogP contribution in [0.5, 0.6) is 17.2 Å². The van der Waals surface area contributed by atoms with E-state index in [0.717, 1.165) is 21.9 Å². The molecule has 0 saturated heterocycles. The molecule has 3 rings (SSSR count). The Labute approximate surface area is 110 Å². The SMILES string of the molecule is Oc1ccc2ccc(-c3ccc(O)c(O)c3)cc2c1. The molecule has 3 heteroatoms. The van der Waals surface area contributed by atoms with E-state index in [1.165, 1.54) is 12.1 Å². The fourth-order valence-corrected chi connectivity index (χ4v) is 2.12. The van der Waals surface area contributed by atoms with Gasteiger partial charge in [0, 0.05) is 0 Å². The third-order valence-electron chi connectivity index (χ3n) is 3.13. The highest BCUT2D eigenvalue weighted by Crippen LogP contribution is 2.32. The van der Waals surface area contributed by atoms with Crippen LogP contribution in [0.4, 0.5) is 0 Å². The van der Waals surface area contributed by atoms with Crippen molar-refractivity contribution in [2.75, 3.05) is 0 Å². The zero-order chi connectivity index (χ0) is 13.4. The van der Waals surface area contributed by atoms with E-state index in [4.69, 9.17) is 0 Å². The van der Waals surface area contributed by atoms with Crippen molar-refractivity contribution in [3.63, 3.8) is 0 Å². The Morgan fingerprint density at radius 1 is 0.526 bits per heavy atom. The average molecular weight is 252 g/mol. The summed E-state index contributed by atoms with van der Waals surface area (Å²) in [6.07, 6.45) is 0. The number of hydrogen-bond acceptors (Lipinski definition) is 3. The minimum atomic E-state index is -0.145. The smallest absolute Gasteiger partial charge is 0.158 e. The molecule has 94 valence electrons. The van der Waals surface area contributed by atoms with Gasteiger partial charge in [0.05, 0.1) is 0 Å². The molecule has 3 N–H and O–H groups in total. The van der Waals surface area contributed by atoms with Crippen LogP contribution in [0.25, 0.3) is 21.9 Å². The number of rotatable bonds is 1. The van der Waals surface area contributed by atoms with Gasteiger partial charge in [0.25, 0.3) is 0 Å². The first-order valence-electron chi connectivity index (χ1n) is 5.88. The number of aromatic hydroxyl groups is 3. The quantitative estimate of drug-likeness (QED) is 0.580. The van der Waals surface area contributed by atoms with Crippen LogP contribution in [0.15, 0.2) is 54.6 Å². The molecule has 0 fully saturated rings. The minimum absolute atomic E-state index is 0.137. The van der Waals surface area contributed by atoms with E-state index in [1.54, 1.807) is 18.2 Å². The third kappa shape index (κ3) is 2.06. The van der Waals surface area contributed by atoms with Gasteiger partial charge in [0.2, 0.25) is 0 Å². The van der Waals surface area contributed by atoms with Crippen LogP contribution in [0.2, 0.25) is 0 Å². The summed E-state index contributed by atoms with van der Waals surface area (Å²) in [5, 5.41) is 30.3. The molecule has 0 aliphatic heterocycles. The van der Waals surface area contributed by atoms with Gasteiger partial charge in [0.1, 0.15) is 5.75 Å². The minimum Gasteiger partial charge on any atom is -0.508 e. The van der Waals surface area contributed by atoms with Gasteiger partial charge in [-0.05, 0) is 52.2 Å². The Hall–Kier alpha value is -2.68. The Morgan fingerprint density at radius 3 is 2.00 bits per heavy atom. The molecule has 0 aliphatic carbocycles. The van der Waals surface area contributed by atoms with Crippen LogP contribution in [-0.2, 0) is 0 Å². The van der Waals surface area contributed by atoms with Crippen LogP contribution in [0, 0.1) is 0 Å². The first kappa shape index (κ1) is 11.4. The van der Waals surface area contributed by atoms with E-state index in [0.29, 0.717) is 0 Å². The lowest BCUT2D eigenvalue weighted by Gasteiger charge is -2.06. The number of hydrogen-bond donors (Lipinski definition) is 3. The Balaban J connectivity index is 2.16. The van der Waals surface area contributed by atoms with Gasteiger partial charge in [-0.25, -0.2) is 0 Å². The van der Waals surface area contributed by atoms with E-state index in [9.17, 15) is 15.3 Å². The summed E-state index contributed by atoms with van der Waals surface area (Å²) < 4.78 is 0. The van der Waals surface area contributed by atoms with Crippen LogP contribution in [-0.4, -0.2) is 15.3 Å². The summed E-state index contributed by atoms with van der Waals surface area (Å²) in [5.41, 5.74) is 1.72. The summed E-state index contributed by atoms with van der Waals surface area (Å²) in [5.74, 6) is -0.0612. The van der Waals surface area contributed by atoms with Gasteiger partial charge in [-0.1, -0.05) is 24.3 Å². The largest absolute Gasteiger partial charge is 0.508 e. The predicted molar refractivity (Wildman–Crippen MR) is 74.4 cm³/mol. The van der Waals surface area contributed by atoms with Crippen molar-refractivity contribution in [1.29, 1.82) is 0 Å². The molecule has 3 aromatic carbocycles. The van der Waals surface area contributed by atoms with Crippen LogP contribution >= 0.6 is 0 Å². The number of phenolic OH excluding ortho intramolecular Hbond substituents is 3. The maximum Gasteiger partial charge on any atom is 0.158 e. The molecule has 0 amide bonds. The van der Waals surface area contributed by atoms with Crippen molar-refractivity contribution in [1.82, 2.24) is 0 Å². The lowest BCUT2D eigenvalue weighted by atomic mass is 10.0. The second-order valence-corrected chi connectivity index (χ2v) is 4.45. The monoisotopic (exact) mass is 252 g/mol. The molecule has 0 aliphatic rings. The number of benzene rings is 3. The molecule has 0 spiro atoms. The van der Waals surface area contributed by atoms with Gasteiger partial charge >= 0.3 is 0 Å². The first-order chi connectivity index (χ1) is 9.13. The van der Waals surface area contributed by atoms with Gasteiger partial charge in [-0.15, -0.1) is 0 Å². The normalized spacial score (nSPS) is 10.7. The second kappa shape index (κ2) is 4.21. The maximum atomic E-state index is 9.53. The zero-order valence-electron chi connectivity index (χ0n) is 10.0. The van der Waals surface area contributed by atoms with E-state index < -0.39 is 0 Å². The molecule has 3 aromatic rings. The van der Waals surface area contributed by atoms with Gasteiger partial charge in [0.15, 0.2) is 11.5 Å². The van der Waals surface area contributed by atoms with E-state index in [-0.39, 0.29) is 17.2 Å². The van der Waals surface area contributed by atoms with Crippen molar-refractivity contribution in [3.05, 3.63) is 54.6 Å². The molecular formula is C16H12O3. The number of phenols is 3. The highest BCUT2D eigenvalue weighted by Gasteiger charge is 2.04. The van der Waals surface area contributed by atoms with E-state index >= 15 is 0 Å². The predicted octanol–water partition coefficient (Wildman–Crippen LogP) is 3.62. The van der Waals surface area contributed by atoms with Crippen molar-refractivity contribution >= 4 is 10.8 Å². The second-order valence-electron chi connectivity index (χ2n) is 4.45. The zero-order valence-corrected chi connectivity index (χ0v) is 10.0. The highest BCUT2D eigenvalue weighted by molar-refractivity contribution is 5.88. The summed E-state index contributed by atoms with van der Waals surface area (Å²) in [7, 11) is 0. The van der Waals surface area contributed by atoms with Gasteiger partial charge < -0.3 is 15.3 Å². The summed E-state index contributed by atoms with van der Waals surface area (Å²) in [4.78, 5) is 0. The van der Waals surface area contributed by atoms with Crippen molar-refractivity contribution < 1.29 is 15.3 Å². The van der Waals surface area contributed by atoms with Crippen molar-refractivity contribution in [2.45, 2.75) is 0 Å². The average Bonchev–Trinajstić information content (AvgIpc) is 2.41. The van der Waals surface area contributed by atoms with Crippen molar-refractivity contribution in [3.8, 4) is 28.4 Å². The molecule has 0 bridgehead atoms. The molecule has 3 nitrogen and oxygen atoms in total. The van der Waals surface area contributed by atoms with Crippen LogP contribution in [0.1, 0.15) is 0 Å². The van der Waals surface area contributed by atoms with E-state index in [1.807, 2.05) is 24.3 Å². The molecule has 19 heavy (non-hydrogen) atoms. The first-order valence-corrected chi connectivity index (χ1v) is 5.88. The molecule has 0 unspecified atom stereocenters. The Morgan fingerprint density at radius 2 is 1.21 bits per heavy atom.